The number of rotatable bonds is 4. The number of allylic oxidation sites excluding steroid dienone is 1. The van der Waals surface area contributed by atoms with Crippen molar-refractivity contribution in [3.05, 3.63) is 46.1 Å². The number of carboxylic acids is 1. The van der Waals surface area contributed by atoms with Crippen molar-refractivity contribution >= 4 is 23.5 Å². The number of nitrogens with one attached hydrogen (secondary N) is 1. The van der Waals surface area contributed by atoms with Gasteiger partial charge in [0.25, 0.3) is 0 Å². The molecule has 23 heavy (non-hydrogen) atoms. The van der Waals surface area contributed by atoms with Gasteiger partial charge in [0.2, 0.25) is 5.91 Å². The van der Waals surface area contributed by atoms with E-state index in [2.05, 4.69) is 5.32 Å². The minimum atomic E-state index is -0.966. The van der Waals surface area contributed by atoms with E-state index in [1.165, 1.54) is 0 Å². The number of halogens is 1. The number of carbonyl (C=O) groups excluding carboxylic acids is 1. The molecule has 1 aromatic rings. The van der Waals surface area contributed by atoms with Gasteiger partial charge in [0.15, 0.2) is 0 Å². The van der Waals surface area contributed by atoms with Gasteiger partial charge in [0, 0.05) is 48.6 Å². The number of carboxylic acid groups (broad SMARTS) is 1. The summed E-state index contributed by atoms with van der Waals surface area (Å²) in [5, 5.41) is 13.4. The van der Waals surface area contributed by atoms with Gasteiger partial charge in [-0.05, 0) is 24.6 Å². The predicted molar refractivity (Wildman–Crippen MR) is 87.2 cm³/mol. The zero-order valence-corrected chi connectivity index (χ0v) is 13.6. The smallest absolute Gasteiger partial charge is 0.333 e. The molecule has 0 aromatic heterocycles. The standard InChI is InChI=1S/C17H19ClN2O3/c1-10-16(17(22)23)14(12-2-4-13(18)5-3-12)6-15(21)20(10)9-11-7-19-8-11/h2-5,11,14,19H,6-9H2,1H3,(H,22,23). The molecule has 0 spiro atoms. The van der Waals surface area contributed by atoms with Crippen molar-refractivity contribution in [2.45, 2.75) is 19.3 Å². The summed E-state index contributed by atoms with van der Waals surface area (Å²) in [7, 11) is 0. The Balaban J connectivity index is 1.95. The van der Waals surface area contributed by atoms with E-state index in [9.17, 15) is 14.7 Å². The summed E-state index contributed by atoms with van der Waals surface area (Å²) in [5.41, 5.74) is 1.67. The first kappa shape index (κ1) is 16.0. The first-order chi connectivity index (χ1) is 11.0. The molecular weight excluding hydrogens is 316 g/mol. The van der Waals surface area contributed by atoms with Crippen LogP contribution in [-0.4, -0.2) is 41.5 Å². The Hall–Kier alpha value is -1.85. The first-order valence-corrected chi connectivity index (χ1v) is 8.05. The second-order valence-corrected chi connectivity index (χ2v) is 6.58. The van der Waals surface area contributed by atoms with Crippen molar-refractivity contribution in [1.29, 1.82) is 0 Å². The van der Waals surface area contributed by atoms with Crippen LogP contribution in [0.1, 0.15) is 24.8 Å². The molecule has 1 amide bonds. The highest BCUT2D eigenvalue weighted by Crippen LogP contribution is 2.37. The van der Waals surface area contributed by atoms with Gasteiger partial charge in [-0.1, -0.05) is 23.7 Å². The molecule has 0 radical (unpaired) electrons. The lowest BCUT2D eigenvalue weighted by Gasteiger charge is -2.38. The highest BCUT2D eigenvalue weighted by Gasteiger charge is 2.37. The van der Waals surface area contributed by atoms with E-state index in [0.717, 1.165) is 18.7 Å². The third-order valence-electron chi connectivity index (χ3n) is 4.63. The molecule has 122 valence electrons. The second-order valence-electron chi connectivity index (χ2n) is 6.14. The van der Waals surface area contributed by atoms with Crippen LogP contribution in [0, 0.1) is 5.92 Å². The van der Waals surface area contributed by atoms with Crippen molar-refractivity contribution in [2.75, 3.05) is 19.6 Å². The summed E-state index contributed by atoms with van der Waals surface area (Å²) in [5.74, 6) is -1.00. The molecule has 1 unspecified atom stereocenters. The minimum Gasteiger partial charge on any atom is -0.478 e. The maximum absolute atomic E-state index is 12.6. The molecule has 1 aromatic carbocycles. The van der Waals surface area contributed by atoms with Crippen LogP contribution in [0.15, 0.2) is 35.5 Å². The van der Waals surface area contributed by atoms with E-state index >= 15 is 0 Å². The summed E-state index contributed by atoms with van der Waals surface area (Å²) in [4.78, 5) is 26.0. The molecule has 5 nitrogen and oxygen atoms in total. The topological polar surface area (TPSA) is 69.6 Å². The maximum Gasteiger partial charge on any atom is 0.333 e. The van der Waals surface area contributed by atoms with Crippen molar-refractivity contribution in [3.8, 4) is 0 Å². The number of aliphatic carboxylic acids is 1. The van der Waals surface area contributed by atoms with Crippen LogP contribution in [0.4, 0.5) is 0 Å². The van der Waals surface area contributed by atoms with E-state index < -0.39 is 11.9 Å². The highest BCUT2D eigenvalue weighted by atomic mass is 35.5. The Morgan fingerprint density at radius 3 is 2.52 bits per heavy atom. The molecule has 2 N–H and O–H groups in total. The van der Waals surface area contributed by atoms with Crippen LogP contribution in [0.2, 0.25) is 5.02 Å². The quantitative estimate of drug-likeness (QED) is 0.886. The van der Waals surface area contributed by atoms with Gasteiger partial charge < -0.3 is 15.3 Å². The number of nitrogens with zero attached hydrogens (tertiary/aromatic N) is 1. The SMILES string of the molecule is CC1=C(C(=O)O)C(c2ccc(Cl)cc2)CC(=O)N1CC1CNC1. The van der Waals surface area contributed by atoms with Crippen LogP contribution in [0.5, 0.6) is 0 Å². The molecule has 1 atom stereocenters. The molecule has 1 fully saturated rings. The Labute approximate surface area is 139 Å². The van der Waals surface area contributed by atoms with Crippen LogP contribution >= 0.6 is 11.6 Å². The molecule has 0 aliphatic carbocycles. The molecule has 2 heterocycles. The number of hydrogen-bond donors (Lipinski definition) is 2. The predicted octanol–water partition coefficient (Wildman–Crippen LogP) is 2.23. The van der Waals surface area contributed by atoms with Crippen molar-refractivity contribution in [1.82, 2.24) is 10.2 Å². The molecule has 2 aliphatic heterocycles. The fourth-order valence-electron chi connectivity index (χ4n) is 3.23. The number of benzene rings is 1. The second kappa shape index (κ2) is 6.34. The molecule has 6 heteroatoms. The van der Waals surface area contributed by atoms with Gasteiger partial charge in [0.05, 0.1) is 5.57 Å². The van der Waals surface area contributed by atoms with Gasteiger partial charge in [-0.15, -0.1) is 0 Å². The van der Waals surface area contributed by atoms with Gasteiger partial charge >= 0.3 is 5.97 Å². The Morgan fingerprint density at radius 1 is 1.35 bits per heavy atom. The number of amides is 1. The average molecular weight is 335 g/mol. The molecule has 0 bridgehead atoms. The zero-order chi connectivity index (χ0) is 16.6. The summed E-state index contributed by atoms with van der Waals surface area (Å²) in [6, 6.07) is 7.04. The van der Waals surface area contributed by atoms with E-state index in [0.29, 0.717) is 28.8 Å². The summed E-state index contributed by atoms with van der Waals surface area (Å²) in [6.07, 6.45) is 0.181. The number of hydrogen-bond acceptors (Lipinski definition) is 3. The summed E-state index contributed by atoms with van der Waals surface area (Å²) >= 11 is 5.90. The van der Waals surface area contributed by atoms with E-state index in [4.69, 9.17) is 11.6 Å². The summed E-state index contributed by atoms with van der Waals surface area (Å²) < 4.78 is 0. The van der Waals surface area contributed by atoms with Crippen molar-refractivity contribution in [3.63, 3.8) is 0 Å². The molecular formula is C17H19ClN2O3. The zero-order valence-electron chi connectivity index (χ0n) is 12.9. The Kier molecular flexibility index (Phi) is 4.41. The van der Waals surface area contributed by atoms with Crippen molar-refractivity contribution in [2.24, 2.45) is 5.92 Å². The van der Waals surface area contributed by atoms with E-state index in [1.54, 1.807) is 36.1 Å². The fourth-order valence-corrected chi connectivity index (χ4v) is 3.36. The van der Waals surface area contributed by atoms with Gasteiger partial charge in [-0.2, -0.15) is 0 Å². The highest BCUT2D eigenvalue weighted by molar-refractivity contribution is 6.30. The maximum atomic E-state index is 12.6. The van der Waals surface area contributed by atoms with Crippen molar-refractivity contribution < 1.29 is 14.7 Å². The first-order valence-electron chi connectivity index (χ1n) is 7.68. The lowest BCUT2D eigenvalue weighted by Crippen LogP contribution is -2.50. The van der Waals surface area contributed by atoms with Gasteiger partial charge in [-0.3, -0.25) is 4.79 Å². The Bertz CT molecular complexity index is 665. The lowest BCUT2D eigenvalue weighted by atomic mass is 9.83. The van der Waals surface area contributed by atoms with Gasteiger partial charge in [-0.25, -0.2) is 4.79 Å². The molecule has 0 saturated carbocycles. The minimum absolute atomic E-state index is 0.0145. The monoisotopic (exact) mass is 334 g/mol. The largest absolute Gasteiger partial charge is 0.478 e. The fraction of sp³-hybridized carbons (Fsp3) is 0.412. The van der Waals surface area contributed by atoms with Gasteiger partial charge in [0.1, 0.15) is 0 Å². The lowest BCUT2D eigenvalue weighted by molar-refractivity contribution is -0.135. The van der Waals surface area contributed by atoms with Crippen LogP contribution < -0.4 is 5.32 Å². The third-order valence-corrected chi connectivity index (χ3v) is 4.88. The summed E-state index contributed by atoms with van der Waals surface area (Å²) in [6.45, 7) is 4.07. The van der Waals surface area contributed by atoms with E-state index in [-0.39, 0.29) is 12.3 Å². The van der Waals surface area contributed by atoms with Crippen LogP contribution in [0.25, 0.3) is 0 Å². The molecule has 1 saturated heterocycles. The average Bonchev–Trinajstić information content (AvgIpc) is 2.45. The number of carbonyl (C=O) groups is 2. The molecule has 2 aliphatic rings. The van der Waals surface area contributed by atoms with E-state index in [1.807, 2.05) is 0 Å². The molecule has 3 rings (SSSR count). The normalized spacial score (nSPS) is 22.3. The van der Waals surface area contributed by atoms with Crippen LogP contribution in [0.3, 0.4) is 0 Å². The van der Waals surface area contributed by atoms with Crippen LogP contribution in [-0.2, 0) is 9.59 Å². The third kappa shape index (κ3) is 3.12. The Morgan fingerprint density at radius 2 is 2.00 bits per heavy atom.